The van der Waals surface area contributed by atoms with Crippen molar-refractivity contribution in [3.63, 3.8) is 0 Å². The highest BCUT2D eigenvalue weighted by Gasteiger charge is 2.28. The topological polar surface area (TPSA) is 79.9 Å². The molecule has 3 rings (SSSR count). The average molecular weight is 361 g/mol. The van der Waals surface area contributed by atoms with Crippen LogP contribution < -0.4 is 20.3 Å². The summed E-state index contributed by atoms with van der Waals surface area (Å²) in [6, 6.07) is 7.48. The van der Waals surface area contributed by atoms with Crippen LogP contribution >= 0.6 is 0 Å². The van der Waals surface area contributed by atoms with Gasteiger partial charge >= 0.3 is 6.03 Å². The summed E-state index contributed by atoms with van der Waals surface area (Å²) in [6.07, 6.45) is 5.46. The maximum atomic E-state index is 12.2. The molecule has 1 unspecified atom stereocenters. The molecule has 7 nitrogen and oxygen atoms in total. The Morgan fingerprint density at radius 2 is 2.12 bits per heavy atom. The van der Waals surface area contributed by atoms with Gasteiger partial charge in [0.15, 0.2) is 0 Å². The molecule has 0 radical (unpaired) electrons. The highest BCUT2D eigenvalue weighted by molar-refractivity contribution is 5.95. The second-order valence-electron chi connectivity index (χ2n) is 6.83. The van der Waals surface area contributed by atoms with E-state index in [1.165, 1.54) is 19.3 Å². The van der Waals surface area contributed by atoms with Crippen molar-refractivity contribution in [2.45, 2.75) is 44.2 Å². The molecule has 1 aliphatic heterocycles. The molecule has 0 bridgehead atoms. The van der Waals surface area contributed by atoms with Gasteiger partial charge in [-0.3, -0.25) is 4.79 Å². The number of hydrogen-bond acceptors (Lipinski definition) is 4. The second kappa shape index (κ2) is 8.89. The predicted octanol–water partition coefficient (Wildman–Crippen LogP) is 2.06. The smallest absolute Gasteiger partial charge is 0.315 e. The summed E-state index contributed by atoms with van der Waals surface area (Å²) in [5, 5.41) is 5.89. The predicted molar refractivity (Wildman–Crippen MR) is 98.5 cm³/mol. The molecule has 1 saturated heterocycles. The van der Waals surface area contributed by atoms with E-state index in [4.69, 9.17) is 9.47 Å². The summed E-state index contributed by atoms with van der Waals surface area (Å²) >= 11 is 0. The zero-order valence-corrected chi connectivity index (χ0v) is 15.2. The van der Waals surface area contributed by atoms with Gasteiger partial charge in [-0.2, -0.15) is 0 Å². The molecule has 26 heavy (non-hydrogen) atoms. The lowest BCUT2D eigenvalue weighted by molar-refractivity contribution is -0.129. The summed E-state index contributed by atoms with van der Waals surface area (Å²) in [5.74, 6) is 0.601. The van der Waals surface area contributed by atoms with Crippen molar-refractivity contribution >= 4 is 17.6 Å². The highest BCUT2D eigenvalue weighted by atomic mass is 16.5. The summed E-state index contributed by atoms with van der Waals surface area (Å²) < 4.78 is 10.8. The standard InChI is InChI=1S/C19H27N3O4/c1-25-16-9-5-8-15(10-16)22-12-17(26-13-18(22)23)11-20-19(24)21-14-6-3-2-4-7-14/h5,8-10,14,17H,2-4,6-7,11-13H2,1H3,(H2,20,21,24). The Morgan fingerprint density at radius 3 is 2.88 bits per heavy atom. The molecule has 3 amide bonds. The van der Waals surface area contributed by atoms with Crippen LogP contribution in [0, 0.1) is 0 Å². The van der Waals surface area contributed by atoms with E-state index in [9.17, 15) is 9.59 Å². The number of nitrogens with one attached hydrogen (secondary N) is 2. The fourth-order valence-corrected chi connectivity index (χ4v) is 3.47. The van der Waals surface area contributed by atoms with Crippen LogP contribution in [0.2, 0.25) is 0 Å². The lowest BCUT2D eigenvalue weighted by atomic mass is 9.96. The lowest BCUT2D eigenvalue weighted by Crippen LogP contribution is -2.52. The fraction of sp³-hybridized carbons (Fsp3) is 0.579. The molecule has 1 atom stereocenters. The minimum absolute atomic E-state index is 0.00774. The third kappa shape index (κ3) is 4.88. The van der Waals surface area contributed by atoms with Crippen LogP contribution in [-0.4, -0.2) is 50.9 Å². The molecule has 0 aromatic heterocycles. The minimum atomic E-state index is -0.240. The van der Waals surface area contributed by atoms with Gasteiger partial charge < -0.3 is 25.0 Å². The SMILES string of the molecule is COc1cccc(N2CC(CNC(=O)NC3CCCCC3)OCC2=O)c1. The number of hydrogen-bond donors (Lipinski definition) is 2. The van der Waals surface area contributed by atoms with Gasteiger partial charge in [0.2, 0.25) is 0 Å². The Bertz CT molecular complexity index is 631. The molecular formula is C19H27N3O4. The van der Waals surface area contributed by atoms with Crippen LogP contribution in [0.4, 0.5) is 10.5 Å². The van der Waals surface area contributed by atoms with E-state index >= 15 is 0 Å². The number of morpholine rings is 1. The third-order valence-corrected chi connectivity index (χ3v) is 4.93. The monoisotopic (exact) mass is 361 g/mol. The van der Waals surface area contributed by atoms with Crippen molar-refractivity contribution in [2.75, 3.05) is 31.7 Å². The Morgan fingerprint density at radius 1 is 1.31 bits per heavy atom. The van der Waals surface area contributed by atoms with Crippen LogP contribution in [0.3, 0.4) is 0 Å². The van der Waals surface area contributed by atoms with E-state index in [1.807, 2.05) is 24.3 Å². The van der Waals surface area contributed by atoms with Gasteiger partial charge in [0.25, 0.3) is 5.91 Å². The van der Waals surface area contributed by atoms with E-state index in [0.717, 1.165) is 18.5 Å². The molecule has 2 fully saturated rings. The number of benzene rings is 1. The van der Waals surface area contributed by atoms with Gasteiger partial charge in [-0.1, -0.05) is 25.3 Å². The van der Waals surface area contributed by atoms with E-state index in [-0.39, 0.29) is 30.7 Å². The Labute approximate surface area is 154 Å². The van der Waals surface area contributed by atoms with Gasteiger partial charge in [-0.25, -0.2) is 4.79 Å². The summed E-state index contributed by atoms with van der Waals surface area (Å²) in [6.45, 7) is 0.774. The first-order valence-corrected chi connectivity index (χ1v) is 9.26. The van der Waals surface area contributed by atoms with Crippen LogP contribution in [0.15, 0.2) is 24.3 Å². The molecule has 1 aliphatic carbocycles. The largest absolute Gasteiger partial charge is 0.497 e. The van der Waals surface area contributed by atoms with Gasteiger partial charge in [-0.05, 0) is 25.0 Å². The third-order valence-electron chi connectivity index (χ3n) is 4.93. The van der Waals surface area contributed by atoms with Crippen molar-refractivity contribution < 1.29 is 19.1 Å². The number of anilines is 1. The van der Waals surface area contributed by atoms with Crippen LogP contribution in [-0.2, 0) is 9.53 Å². The maximum absolute atomic E-state index is 12.2. The van der Waals surface area contributed by atoms with Crippen LogP contribution in [0.5, 0.6) is 5.75 Å². The molecule has 1 saturated carbocycles. The number of ether oxygens (including phenoxy) is 2. The molecular weight excluding hydrogens is 334 g/mol. The van der Waals surface area contributed by atoms with Crippen LogP contribution in [0.25, 0.3) is 0 Å². The number of amides is 3. The molecule has 1 heterocycles. The number of methoxy groups -OCH3 is 1. The van der Waals surface area contributed by atoms with Crippen molar-refractivity contribution in [1.29, 1.82) is 0 Å². The maximum Gasteiger partial charge on any atom is 0.315 e. The first-order chi connectivity index (χ1) is 12.7. The molecule has 2 N–H and O–H groups in total. The Hall–Kier alpha value is -2.28. The first kappa shape index (κ1) is 18.5. The summed E-state index contributed by atoms with van der Waals surface area (Å²) in [5.41, 5.74) is 0.773. The van der Waals surface area contributed by atoms with Crippen molar-refractivity contribution in [1.82, 2.24) is 10.6 Å². The molecule has 7 heteroatoms. The summed E-state index contributed by atoms with van der Waals surface area (Å²) in [4.78, 5) is 26.0. The first-order valence-electron chi connectivity index (χ1n) is 9.26. The van der Waals surface area contributed by atoms with Gasteiger partial charge in [0.1, 0.15) is 12.4 Å². The van der Waals surface area contributed by atoms with E-state index in [0.29, 0.717) is 18.8 Å². The van der Waals surface area contributed by atoms with Gasteiger partial charge in [0, 0.05) is 24.3 Å². The highest BCUT2D eigenvalue weighted by Crippen LogP contribution is 2.23. The molecule has 142 valence electrons. The van der Waals surface area contributed by atoms with E-state index < -0.39 is 0 Å². The molecule has 0 spiro atoms. The number of nitrogens with zero attached hydrogens (tertiary/aromatic N) is 1. The minimum Gasteiger partial charge on any atom is -0.497 e. The zero-order chi connectivity index (χ0) is 18.4. The van der Waals surface area contributed by atoms with Crippen molar-refractivity contribution in [3.8, 4) is 5.75 Å². The van der Waals surface area contributed by atoms with Crippen molar-refractivity contribution in [2.24, 2.45) is 0 Å². The number of rotatable bonds is 5. The Balaban J connectivity index is 1.51. The number of carbonyl (C=O) groups is 2. The number of carbonyl (C=O) groups excluding carboxylic acids is 2. The molecule has 2 aliphatic rings. The zero-order valence-electron chi connectivity index (χ0n) is 15.2. The van der Waals surface area contributed by atoms with E-state index in [2.05, 4.69) is 10.6 Å². The Kier molecular flexibility index (Phi) is 6.33. The van der Waals surface area contributed by atoms with Gasteiger partial charge in [-0.15, -0.1) is 0 Å². The fourth-order valence-electron chi connectivity index (χ4n) is 3.47. The average Bonchev–Trinajstić information content (AvgIpc) is 2.68. The summed E-state index contributed by atoms with van der Waals surface area (Å²) in [7, 11) is 1.60. The lowest BCUT2D eigenvalue weighted by Gasteiger charge is -2.33. The van der Waals surface area contributed by atoms with Crippen molar-refractivity contribution in [3.05, 3.63) is 24.3 Å². The van der Waals surface area contributed by atoms with E-state index in [1.54, 1.807) is 12.0 Å². The van der Waals surface area contributed by atoms with Crippen LogP contribution in [0.1, 0.15) is 32.1 Å². The molecule has 1 aromatic carbocycles. The van der Waals surface area contributed by atoms with Gasteiger partial charge in [0.05, 0.1) is 19.8 Å². The number of urea groups is 1. The normalized spacial score (nSPS) is 21.3. The quantitative estimate of drug-likeness (QED) is 0.841. The molecule has 1 aromatic rings. The second-order valence-corrected chi connectivity index (χ2v) is 6.83.